The SMILES string of the molecule is CCNC(=NCCS(=O)C(C)(C)C)N1CCC(COCC)C1. The maximum Gasteiger partial charge on any atom is 0.193 e. The van der Waals surface area contributed by atoms with Gasteiger partial charge in [0.05, 0.1) is 13.2 Å². The Hall–Kier alpha value is -0.620. The number of rotatable bonds is 7. The molecule has 2 atom stereocenters. The monoisotopic (exact) mass is 331 g/mol. The number of nitrogens with one attached hydrogen (secondary N) is 1. The quantitative estimate of drug-likeness (QED) is 0.571. The molecule has 1 aliphatic heterocycles. The van der Waals surface area contributed by atoms with Crippen molar-refractivity contribution < 1.29 is 8.95 Å². The number of guanidine groups is 1. The van der Waals surface area contributed by atoms with Gasteiger partial charge in [-0.2, -0.15) is 0 Å². The van der Waals surface area contributed by atoms with Gasteiger partial charge in [0.15, 0.2) is 5.96 Å². The Morgan fingerprint density at radius 1 is 1.41 bits per heavy atom. The molecule has 1 fully saturated rings. The maximum absolute atomic E-state index is 12.1. The van der Waals surface area contributed by atoms with Crippen LogP contribution >= 0.6 is 0 Å². The van der Waals surface area contributed by atoms with E-state index < -0.39 is 10.8 Å². The smallest absolute Gasteiger partial charge is 0.193 e. The molecule has 0 radical (unpaired) electrons. The van der Waals surface area contributed by atoms with Gasteiger partial charge in [-0.3, -0.25) is 9.20 Å². The molecule has 1 N–H and O–H groups in total. The van der Waals surface area contributed by atoms with Gasteiger partial charge in [0.1, 0.15) is 0 Å². The van der Waals surface area contributed by atoms with Crippen LogP contribution in [-0.2, 0) is 15.5 Å². The van der Waals surface area contributed by atoms with Crippen molar-refractivity contribution in [2.45, 2.75) is 45.8 Å². The van der Waals surface area contributed by atoms with Crippen molar-refractivity contribution in [1.82, 2.24) is 10.2 Å². The van der Waals surface area contributed by atoms with Crippen molar-refractivity contribution >= 4 is 16.8 Å². The highest BCUT2D eigenvalue weighted by molar-refractivity contribution is 7.86. The predicted octanol–water partition coefficient (Wildman–Crippen LogP) is 1.86. The van der Waals surface area contributed by atoms with Gasteiger partial charge in [0.25, 0.3) is 0 Å². The van der Waals surface area contributed by atoms with Gasteiger partial charge in [-0.25, -0.2) is 0 Å². The molecular weight excluding hydrogens is 298 g/mol. The Labute approximate surface area is 138 Å². The number of hydrogen-bond donors (Lipinski definition) is 1. The van der Waals surface area contributed by atoms with E-state index in [9.17, 15) is 4.21 Å². The molecular formula is C16H33N3O2S. The molecule has 130 valence electrons. The highest BCUT2D eigenvalue weighted by Crippen LogP contribution is 2.17. The van der Waals surface area contributed by atoms with E-state index in [4.69, 9.17) is 4.74 Å². The third-order valence-electron chi connectivity index (χ3n) is 3.70. The van der Waals surface area contributed by atoms with E-state index in [2.05, 4.69) is 22.1 Å². The molecule has 0 saturated carbocycles. The van der Waals surface area contributed by atoms with E-state index in [1.54, 1.807) is 0 Å². The molecule has 0 amide bonds. The van der Waals surface area contributed by atoms with Crippen LogP contribution in [0.15, 0.2) is 4.99 Å². The number of ether oxygens (including phenoxy) is 1. The van der Waals surface area contributed by atoms with Crippen molar-refractivity contribution in [3.8, 4) is 0 Å². The lowest BCUT2D eigenvalue weighted by molar-refractivity contribution is 0.114. The molecule has 0 aromatic carbocycles. The first kappa shape index (κ1) is 19.4. The number of aliphatic imine (C=N–C) groups is 1. The molecule has 0 aromatic heterocycles. The fraction of sp³-hybridized carbons (Fsp3) is 0.938. The van der Waals surface area contributed by atoms with Crippen molar-refractivity contribution in [2.75, 3.05) is 45.1 Å². The third-order valence-corrected chi connectivity index (χ3v) is 5.62. The van der Waals surface area contributed by atoms with Crippen LogP contribution in [0, 0.1) is 5.92 Å². The normalized spacial score (nSPS) is 21.2. The summed E-state index contributed by atoms with van der Waals surface area (Å²) in [4.78, 5) is 6.96. The zero-order valence-corrected chi connectivity index (χ0v) is 15.7. The van der Waals surface area contributed by atoms with Gasteiger partial charge < -0.3 is 15.0 Å². The molecule has 0 aliphatic carbocycles. The van der Waals surface area contributed by atoms with E-state index in [1.165, 1.54) is 0 Å². The van der Waals surface area contributed by atoms with Gasteiger partial charge in [-0.15, -0.1) is 0 Å². The summed E-state index contributed by atoms with van der Waals surface area (Å²) in [6, 6.07) is 0. The fourth-order valence-electron chi connectivity index (χ4n) is 2.41. The predicted molar refractivity (Wildman–Crippen MR) is 94.9 cm³/mol. The molecule has 22 heavy (non-hydrogen) atoms. The first-order valence-corrected chi connectivity index (χ1v) is 9.69. The summed E-state index contributed by atoms with van der Waals surface area (Å²) in [5.74, 6) is 2.16. The molecule has 0 spiro atoms. The fourth-order valence-corrected chi connectivity index (χ4v) is 3.28. The third kappa shape index (κ3) is 6.65. The lowest BCUT2D eigenvalue weighted by Gasteiger charge is -2.22. The van der Waals surface area contributed by atoms with E-state index in [0.717, 1.165) is 45.2 Å². The first-order chi connectivity index (χ1) is 10.4. The van der Waals surface area contributed by atoms with Crippen molar-refractivity contribution in [3.63, 3.8) is 0 Å². The number of nitrogens with zero attached hydrogens (tertiary/aromatic N) is 2. The van der Waals surface area contributed by atoms with Gasteiger partial charge in [0.2, 0.25) is 0 Å². The maximum atomic E-state index is 12.1. The lowest BCUT2D eigenvalue weighted by Crippen LogP contribution is -2.40. The minimum Gasteiger partial charge on any atom is -0.381 e. The van der Waals surface area contributed by atoms with Gasteiger partial charge >= 0.3 is 0 Å². The highest BCUT2D eigenvalue weighted by Gasteiger charge is 2.25. The average Bonchev–Trinajstić information content (AvgIpc) is 2.91. The second kappa shape index (κ2) is 9.50. The lowest BCUT2D eigenvalue weighted by atomic mass is 10.1. The van der Waals surface area contributed by atoms with Crippen LogP contribution in [0.3, 0.4) is 0 Å². The summed E-state index contributed by atoms with van der Waals surface area (Å²) in [6.45, 7) is 15.2. The molecule has 1 saturated heterocycles. The summed E-state index contributed by atoms with van der Waals surface area (Å²) in [7, 11) is -0.844. The Morgan fingerprint density at radius 3 is 2.73 bits per heavy atom. The van der Waals surface area contributed by atoms with E-state index >= 15 is 0 Å². The van der Waals surface area contributed by atoms with Gasteiger partial charge in [0, 0.05) is 53.5 Å². The second-order valence-electron chi connectivity index (χ2n) is 6.66. The summed E-state index contributed by atoms with van der Waals surface area (Å²) >= 11 is 0. The van der Waals surface area contributed by atoms with Crippen molar-refractivity contribution in [3.05, 3.63) is 0 Å². The standard InChI is InChI=1S/C16H33N3O2S/c1-6-17-15(18-9-11-22(20)16(3,4)5)19-10-8-14(12-19)13-21-7-2/h14H,6-13H2,1-5H3,(H,17,18). The summed E-state index contributed by atoms with van der Waals surface area (Å²) < 4.78 is 17.5. The highest BCUT2D eigenvalue weighted by atomic mass is 32.2. The Bertz CT molecular complexity index is 380. The van der Waals surface area contributed by atoms with Crippen molar-refractivity contribution in [2.24, 2.45) is 10.9 Å². The topological polar surface area (TPSA) is 53.9 Å². The zero-order chi connectivity index (χ0) is 16.6. The molecule has 0 aromatic rings. The van der Waals surface area contributed by atoms with Gasteiger partial charge in [-0.05, 0) is 41.0 Å². The molecule has 5 nitrogen and oxygen atoms in total. The molecule has 1 aliphatic rings. The summed E-state index contributed by atoms with van der Waals surface area (Å²) in [6.07, 6.45) is 1.15. The Morgan fingerprint density at radius 2 is 2.14 bits per heavy atom. The van der Waals surface area contributed by atoms with Crippen LogP contribution < -0.4 is 5.32 Å². The minimum absolute atomic E-state index is 0.163. The van der Waals surface area contributed by atoms with E-state index in [1.807, 2.05) is 27.7 Å². The van der Waals surface area contributed by atoms with Crippen LogP contribution in [0.5, 0.6) is 0 Å². The molecule has 1 heterocycles. The Kier molecular flexibility index (Phi) is 8.39. The van der Waals surface area contributed by atoms with E-state index in [0.29, 0.717) is 18.2 Å². The number of likely N-dealkylation sites (tertiary alicyclic amines) is 1. The first-order valence-electron chi connectivity index (χ1n) is 8.38. The van der Waals surface area contributed by atoms with Crippen LogP contribution in [-0.4, -0.2) is 65.0 Å². The van der Waals surface area contributed by atoms with Crippen LogP contribution in [0.2, 0.25) is 0 Å². The van der Waals surface area contributed by atoms with E-state index in [-0.39, 0.29) is 4.75 Å². The molecule has 2 unspecified atom stereocenters. The van der Waals surface area contributed by atoms with Crippen LogP contribution in [0.4, 0.5) is 0 Å². The Balaban J connectivity index is 2.51. The van der Waals surface area contributed by atoms with Crippen LogP contribution in [0.1, 0.15) is 41.0 Å². The van der Waals surface area contributed by atoms with Crippen LogP contribution in [0.25, 0.3) is 0 Å². The number of hydrogen-bond acceptors (Lipinski definition) is 3. The average molecular weight is 332 g/mol. The van der Waals surface area contributed by atoms with Crippen molar-refractivity contribution in [1.29, 1.82) is 0 Å². The molecule has 0 bridgehead atoms. The largest absolute Gasteiger partial charge is 0.381 e. The molecule has 1 rings (SSSR count). The molecule has 6 heteroatoms. The minimum atomic E-state index is -0.844. The van der Waals surface area contributed by atoms with Gasteiger partial charge in [-0.1, -0.05) is 0 Å². The summed E-state index contributed by atoms with van der Waals surface area (Å²) in [5.41, 5.74) is 0. The zero-order valence-electron chi connectivity index (χ0n) is 14.9. The summed E-state index contributed by atoms with van der Waals surface area (Å²) in [5, 5.41) is 3.35. The second-order valence-corrected chi connectivity index (χ2v) is 8.98.